The molecule has 21 heavy (non-hydrogen) atoms. The monoisotopic (exact) mass is 304 g/mol. The number of nitrogens with zero attached hydrogens (tertiary/aromatic N) is 2. The molecular formula is C17H24N2OS. The number of benzene rings is 1. The Morgan fingerprint density at radius 2 is 1.95 bits per heavy atom. The van der Waals surface area contributed by atoms with E-state index in [1.807, 2.05) is 41.9 Å². The summed E-state index contributed by atoms with van der Waals surface area (Å²) in [5, 5.41) is 0. The number of hydrogen-bond acceptors (Lipinski definition) is 3. The lowest BCUT2D eigenvalue weighted by molar-refractivity contribution is -0.136. The van der Waals surface area contributed by atoms with Crippen LogP contribution in [0.5, 0.6) is 0 Å². The minimum Gasteiger partial charge on any atom is -0.344 e. The van der Waals surface area contributed by atoms with Gasteiger partial charge in [-0.05, 0) is 24.3 Å². The van der Waals surface area contributed by atoms with Crippen molar-refractivity contribution in [1.82, 2.24) is 9.80 Å². The maximum Gasteiger partial charge on any atom is 0.244 e. The van der Waals surface area contributed by atoms with Crippen molar-refractivity contribution in [3.8, 4) is 0 Å². The topological polar surface area (TPSA) is 23.6 Å². The van der Waals surface area contributed by atoms with Gasteiger partial charge in [0, 0.05) is 38.2 Å². The van der Waals surface area contributed by atoms with Crippen LogP contribution in [0.4, 0.5) is 0 Å². The van der Waals surface area contributed by atoms with E-state index < -0.39 is 0 Å². The molecule has 3 rings (SSSR count). The molecule has 114 valence electrons. The summed E-state index contributed by atoms with van der Waals surface area (Å²) in [4.78, 5) is 17.3. The number of hydrogen-bond donors (Lipinski definition) is 0. The molecule has 3 nitrogen and oxygen atoms in total. The molecule has 0 radical (unpaired) electrons. The summed E-state index contributed by atoms with van der Waals surface area (Å²) in [7, 11) is 1.97. The van der Waals surface area contributed by atoms with Crippen molar-refractivity contribution in [2.45, 2.75) is 18.9 Å². The van der Waals surface area contributed by atoms with Crippen LogP contribution >= 0.6 is 11.8 Å². The zero-order valence-corrected chi connectivity index (χ0v) is 13.5. The molecule has 2 fully saturated rings. The highest BCUT2D eigenvalue weighted by atomic mass is 32.2. The molecule has 2 aliphatic rings. The fraction of sp³-hybridized carbons (Fsp3) is 0.588. The number of amides is 1. The van der Waals surface area contributed by atoms with Crippen molar-refractivity contribution < 1.29 is 4.79 Å². The average molecular weight is 304 g/mol. The molecule has 1 amide bonds. The van der Waals surface area contributed by atoms with Crippen molar-refractivity contribution in [2.75, 3.05) is 38.2 Å². The highest BCUT2D eigenvalue weighted by Gasteiger charge is 2.33. The van der Waals surface area contributed by atoms with Crippen LogP contribution in [0.25, 0.3) is 0 Å². The van der Waals surface area contributed by atoms with Gasteiger partial charge in [0.25, 0.3) is 0 Å². The van der Waals surface area contributed by atoms with Crippen LogP contribution in [-0.4, -0.2) is 53.9 Å². The minimum absolute atomic E-state index is 0.101. The van der Waals surface area contributed by atoms with Gasteiger partial charge < -0.3 is 4.90 Å². The molecule has 0 aromatic heterocycles. The first-order chi connectivity index (χ1) is 10.3. The Labute approximate surface area is 131 Å². The first-order valence-corrected chi connectivity index (χ1v) is 9.03. The van der Waals surface area contributed by atoms with Crippen LogP contribution in [0.15, 0.2) is 30.3 Å². The van der Waals surface area contributed by atoms with Gasteiger partial charge in [-0.25, -0.2) is 0 Å². The molecule has 1 saturated carbocycles. The summed E-state index contributed by atoms with van der Waals surface area (Å²) >= 11 is 1.99. The second-order valence-corrected chi connectivity index (χ2v) is 7.35. The van der Waals surface area contributed by atoms with Gasteiger partial charge in [-0.1, -0.05) is 30.3 Å². The maximum absolute atomic E-state index is 13.0. The standard InChI is InChI=1S/C17H24N2OS/c1-18(13-14-7-8-14)17(20)16(15-5-3-2-4-6-15)19-9-11-21-12-10-19/h2-6,14,16H,7-13H2,1H3/t16-/m0/s1. The van der Waals surface area contributed by atoms with Crippen molar-refractivity contribution in [1.29, 1.82) is 0 Å². The Bertz CT molecular complexity index is 469. The molecule has 1 saturated heterocycles. The second kappa shape index (κ2) is 6.84. The number of carbonyl (C=O) groups is 1. The zero-order chi connectivity index (χ0) is 14.7. The third kappa shape index (κ3) is 3.80. The molecule has 0 bridgehead atoms. The van der Waals surface area contributed by atoms with Gasteiger partial charge >= 0.3 is 0 Å². The van der Waals surface area contributed by atoms with Gasteiger partial charge in [-0.3, -0.25) is 9.69 Å². The smallest absolute Gasteiger partial charge is 0.244 e. The van der Waals surface area contributed by atoms with Gasteiger partial charge in [0.15, 0.2) is 0 Å². The lowest BCUT2D eigenvalue weighted by Crippen LogP contribution is -2.45. The van der Waals surface area contributed by atoms with E-state index >= 15 is 0 Å². The van der Waals surface area contributed by atoms with E-state index in [2.05, 4.69) is 17.0 Å². The maximum atomic E-state index is 13.0. The SMILES string of the molecule is CN(CC1CC1)C(=O)[C@H](c1ccccc1)N1CCSCC1. The highest BCUT2D eigenvalue weighted by Crippen LogP contribution is 2.31. The van der Waals surface area contributed by atoms with E-state index in [-0.39, 0.29) is 11.9 Å². The predicted octanol–water partition coefficient (Wildman–Crippen LogP) is 2.64. The Hall–Kier alpha value is -1.00. The number of likely N-dealkylation sites (N-methyl/N-ethyl adjacent to an activating group) is 1. The summed E-state index contributed by atoms with van der Waals surface area (Å²) < 4.78 is 0. The van der Waals surface area contributed by atoms with E-state index in [0.717, 1.165) is 42.6 Å². The van der Waals surface area contributed by atoms with Crippen LogP contribution in [0.1, 0.15) is 24.4 Å². The third-order valence-corrected chi connectivity index (χ3v) is 5.31. The van der Waals surface area contributed by atoms with Gasteiger partial charge in [0.2, 0.25) is 5.91 Å². The van der Waals surface area contributed by atoms with E-state index in [1.165, 1.54) is 12.8 Å². The highest BCUT2D eigenvalue weighted by molar-refractivity contribution is 7.99. The first-order valence-electron chi connectivity index (χ1n) is 7.87. The molecule has 1 aliphatic carbocycles. The van der Waals surface area contributed by atoms with Crippen LogP contribution < -0.4 is 0 Å². The van der Waals surface area contributed by atoms with Gasteiger partial charge in [-0.2, -0.15) is 11.8 Å². The zero-order valence-electron chi connectivity index (χ0n) is 12.7. The molecule has 1 heterocycles. The number of thioether (sulfide) groups is 1. The molecule has 0 N–H and O–H groups in total. The largest absolute Gasteiger partial charge is 0.344 e. The Balaban J connectivity index is 1.78. The molecule has 1 atom stereocenters. The number of rotatable bonds is 5. The molecule has 1 aliphatic heterocycles. The summed E-state index contributed by atoms with van der Waals surface area (Å²) in [6.07, 6.45) is 2.57. The second-order valence-electron chi connectivity index (χ2n) is 6.12. The lowest BCUT2D eigenvalue weighted by atomic mass is 10.0. The Morgan fingerprint density at radius 1 is 1.29 bits per heavy atom. The van der Waals surface area contributed by atoms with Gasteiger partial charge in [0.1, 0.15) is 6.04 Å². The average Bonchev–Trinajstić information content (AvgIpc) is 3.33. The van der Waals surface area contributed by atoms with E-state index in [0.29, 0.717) is 0 Å². The predicted molar refractivity (Wildman–Crippen MR) is 88.4 cm³/mol. The molecule has 4 heteroatoms. The molecular weight excluding hydrogens is 280 g/mol. The molecule has 1 aromatic carbocycles. The molecule has 0 spiro atoms. The van der Waals surface area contributed by atoms with E-state index in [1.54, 1.807) is 0 Å². The fourth-order valence-electron chi connectivity index (χ4n) is 2.97. The van der Waals surface area contributed by atoms with Crippen molar-refractivity contribution in [2.24, 2.45) is 5.92 Å². The van der Waals surface area contributed by atoms with Crippen molar-refractivity contribution in [3.63, 3.8) is 0 Å². The Kier molecular flexibility index (Phi) is 4.86. The van der Waals surface area contributed by atoms with E-state index in [4.69, 9.17) is 0 Å². The van der Waals surface area contributed by atoms with Gasteiger partial charge in [-0.15, -0.1) is 0 Å². The summed E-state index contributed by atoms with van der Waals surface area (Å²) in [6, 6.07) is 10.2. The third-order valence-electron chi connectivity index (χ3n) is 4.37. The summed E-state index contributed by atoms with van der Waals surface area (Å²) in [5.41, 5.74) is 1.14. The lowest BCUT2D eigenvalue weighted by Gasteiger charge is -2.35. The fourth-order valence-corrected chi connectivity index (χ4v) is 3.90. The van der Waals surface area contributed by atoms with Gasteiger partial charge in [0.05, 0.1) is 0 Å². The summed E-state index contributed by atoms with van der Waals surface area (Å²) in [6.45, 7) is 2.94. The first kappa shape index (κ1) is 14.9. The number of carbonyl (C=O) groups excluding carboxylic acids is 1. The normalized spacial score (nSPS) is 21.0. The van der Waals surface area contributed by atoms with Crippen LogP contribution in [0.3, 0.4) is 0 Å². The van der Waals surface area contributed by atoms with Crippen molar-refractivity contribution >= 4 is 17.7 Å². The molecule has 0 unspecified atom stereocenters. The van der Waals surface area contributed by atoms with Crippen LogP contribution in [0.2, 0.25) is 0 Å². The van der Waals surface area contributed by atoms with E-state index in [9.17, 15) is 4.79 Å². The molecule has 1 aromatic rings. The quantitative estimate of drug-likeness (QED) is 0.835. The van der Waals surface area contributed by atoms with Crippen molar-refractivity contribution in [3.05, 3.63) is 35.9 Å². The Morgan fingerprint density at radius 3 is 2.57 bits per heavy atom. The minimum atomic E-state index is -0.101. The van der Waals surface area contributed by atoms with Crippen LogP contribution in [0, 0.1) is 5.92 Å². The summed E-state index contributed by atoms with van der Waals surface area (Å²) in [5.74, 6) is 3.26. The van der Waals surface area contributed by atoms with Crippen LogP contribution in [-0.2, 0) is 4.79 Å².